The van der Waals surface area contributed by atoms with Gasteiger partial charge in [0.25, 0.3) is 0 Å². The summed E-state index contributed by atoms with van der Waals surface area (Å²) in [6.45, 7) is 2.48. The first-order valence-corrected chi connectivity index (χ1v) is 6.19. The fourth-order valence-electron chi connectivity index (χ4n) is 1.90. The second-order valence-electron chi connectivity index (χ2n) is 4.30. The van der Waals surface area contributed by atoms with E-state index in [0.717, 1.165) is 21.7 Å². The van der Waals surface area contributed by atoms with Gasteiger partial charge in [0.05, 0.1) is 0 Å². The minimum atomic E-state index is -0.178. The van der Waals surface area contributed by atoms with Crippen molar-refractivity contribution in [1.82, 2.24) is 5.32 Å². The molecule has 3 heteroatoms. The van der Waals surface area contributed by atoms with Crippen molar-refractivity contribution < 1.29 is 4.39 Å². The molecule has 2 rings (SSSR count). The molecule has 0 amide bonds. The van der Waals surface area contributed by atoms with Crippen LogP contribution in [0.2, 0.25) is 5.02 Å². The first-order chi connectivity index (χ1) is 8.61. The summed E-state index contributed by atoms with van der Waals surface area (Å²) in [6, 6.07) is 11.0. The summed E-state index contributed by atoms with van der Waals surface area (Å²) in [6.07, 6.45) is 0. The van der Waals surface area contributed by atoms with Gasteiger partial charge in [0.15, 0.2) is 0 Å². The van der Waals surface area contributed by atoms with Crippen molar-refractivity contribution in [2.45, 2.75) is 13.5 Å². The van der Waals surface area contributed by atoms with Crippen LogP contribution in [0.15, 0.2) is 36.4 Å². The van der Waals surface area contributed by atoms with Gasteiger partial charge >= 0.3 is 0 Å². The standard InChI is InChI=1S/C15H15ClFN/c1-10-7-11(4-6-15(10)17)12-3-5-14(16)13(8-12)9-18-2/h3-8,18H,9H2,1-2H3. The molecule has 2 aromatic carbocycles. The Bertz CT molecular complexity index is 566. The van der Waals surface area contributed by atoms with Crippen molar-refractivity contribution in [1.29, 1.82) is 0 Å². The van der Waals surface area contributed by atoms with E-state index in [-0.39, 0.29) is 5.82 Å². The van der Waals surface area contributed by atoms with Crippen LogP contribution in [0.25, 0.3) is 11.1 Å². The highest BCUT2D eigenvalue weighted by molar-refractivity contribution is 6.31. The minimum Gasteiger partial charge on any atom is -0.316 e. The lowest BCUT2D eigenvalue weighted by molar-refractivity contribution is 0.619. The van der Waals surface area contributed by atoms with Crippen LogP contribution < -0.4 is 5.32 Å². The van der Waals surface area contributed by atoms with Crippen LogP contribution in [0.1, 0.15) is 11.1 Å². The number of hydrogen-bond acceptors (Lipinski definition) is 1. The van der Waals surface area contributed by atoms with Gasteiger partial charge in [-0.15, -0.1) is 0 Å². The van der Waals surface area contributed by atoms with Gasteiger partial charge in [-0.1, -0.05) is 23.7 Å². The molecule has 94 valence electrons. The molecule has 2 aromatic rings. The Morgan fingerprint density at radius 2 is 1.78 bits per heavy atom. The molecule has 0 unspecified atom stereocenters. The van der Waals surface area contributed by atoms with Crippen LogP contribution in [-0.4, -0.2) is 7.05 Å². The van der Waals surface area contributed by atoms with Crippen molar-refractivity contribution in [2.75, 3.05) is 7.05 Å². The molecule has 1 nitrogen and oxygen atoms in total. The molecule has 0 radical (unpaired) electrons. The number of aryl methyl sites for hydroxylation is 1. The highest BCUT2D eigenvalue weighted by atomic mass is 35.5. The molecule has 0 aromatic heterocycles. The molecule has 0 aliphatic carbocycles. The summed E-state index contributed by atoms with van der Waals surface area (Å²) in [5.41, 5.74) is 3.74. The summed E-state index contributed by atoms with van der Waals surface area (Å²) in [7, 11) is 1.88. The largest absolute Gasteiger partial charge is 0.316 e. The van der Waals surface area contributed by atoms with E-state index in [9.17, 15) is 4.39 Å². The lowest BCUT2D eigenvalue weighted by atomic mass is 10.0. The van der Waals surface area contributed by atoms with Gasteiger partial charge in [0, 0.05) is 11.6 Å². The van der Waals surface area contributed by atoms with Gasteiger partial charge in [-0.3, -0.25) is 0 Å². The summed E-state index contributed by atoms with van der Waals surface area (Å²) >= 11 is 6.12. The van der Waals surface area contributed by atoms with E-state index in [1.807, 2.05) is 31.3 Å². The first-order valence-electron chi connectivity index (χ1n) is 5.81. The van der Waals surface area contributed by atoms with Gasteiger partial charge in [0.1, 0.15) is 5.82 Å². The number of rotatable bonds is 3. The van der Waals surface area contributed by atoms with Gasteiger partial charge in [0.2, 0.25) is 0 Å². The average molecular weight is 264 g/mol. The molecule has 0 bridgehead atoms. The van der Waals surface area contributed by atoms with E-state index >= 15 is 0 Å². The molecule has 0 spiro atoms. The molecule has 0 atom stereocenters. The summed E-state index contributed by atoms with van der Waals surface area (Å²) < 4.78 is 13.2. The summed E-state index contributed by atoms with van der Waals surface area (Å²) in [4.78, 5) is 0. The van der Waals surface area contributed by atoms with Gasteiger partial charge in [-0.05, 0) is 60.5 Å². The van der Waals surface area contributed by atoms with E-state index < -0.39 is 0 Å². The second-order valence-corrected chi connectivity index (χ2v) is 4.71. The Balaban J connectivity index is 2.44. The number of halogens is 2. The Morgan fingerprint density at radius 3 is 2.44 bits per heavy atom. The molecular formula is C15H15ClFN. The zero-order valence-electron chi connectivity index (χ0n) is 10.4. The fourth-order valence-corrected chi connectivity index (χ4v) is 2.09. The molecule has 0 aliphatic rings. The Kier molecular flexibility index (Phi) is 4.00. The molecule has 1 N–H and O–H groups in total. The van der Waals surface area contributed by atoms with Gasteiger partial charge in [-0.25, -0.2) is 4.39 Å². The van der Waals surface area contributed by atoms with Gasteiger partial charge < -0.3 is 5.32 Å². The van der Waals surface area contributed by atoms with Crippen LogP contribution in [0.4, 0.5) is 4.39 Å². The Labute approximate surface area is 112 Å². The topological polar surface area (TPSA) is 12.0 Å². The quantitative estimate of drug-likeness (QED) is 0.876. The summed E-state index contributed by atoms with van der Waals surface area (Å²) in [5, 5.41) is 3.82. The predicted molar refractivity (Wildman–Crippen MR) is 74.3 cm³/mol. The second kappa shape index (κ2) is 5.51. The van der Waals surface area contributed by atoms with E-state index in [4.69, 9.17) is 11.6 Å². The maximum Gasteiger partial charge on any atom is 0.126 e. The highest BCUT2D eigenvalue weighted by Crippen LogP contribution is 2.26. The molecule has 18 heavy (non-hydrogen) atoms. The van der Waals surface area contributed by atoms with Crippen molar-refractivity contribution in [2.24, 2.45) is 0 Å². The maximum atomic E-state index is 13.2. The molecule has 0 saturated heterocycles. The lowest BCUT2D eigenvalue weighted by Gasteiger charge is -2.08. The summed E-state index contributed by atoms with van der Waals surface area (Å²) in [5.74, 6) is -0.178. The van der Waals surface area contributed by atoms with Crippen LogP contribution in [0.5, 0.6) is 0 Å². The minimum absolute atomic E-state index is 0.178. The third kappa shape index (κ3) is 2.71. The van der Waals surface area contributed by atoms with Crippen molar-refractivity contribution in [3.05, 3.63) is 58.4 Å². The molecule has 0 saturated carbocycles. The molecular weight excluding hydrogens is 249 g/mol. The van der Waals surface area contributed by atoms with Crippen LogP contribution in [0.3, 0.4) is 0 Å². The fraction of sp³-hybridized carbons (Fsp3) is 0.200. The number of nitrogens with one attached hydrogen (secondary N) is 1. The maximum absolute atomic E-state index is 13.2. The van der Waals surface area contributed by atoms with Crippen molar-refractivity contribution in [3.8, 4) is 11.1 Å². The highest BCUT2D eigenvalue weighted by Gasteiger charge is 2.05. The van der Waals surface area contributed by atoms with E-state index in [2.05, 4.69) is 5.32 Å². The zero-order chi connectivity index (χ0) is 13.1. The Hall–Kier alpha value is -1.38. The zero-order valence-corrected chi connectivity index (χ0v) is 11.2. The molecule has 0 heterocycles. The predicted octanol–water partition coefficient (Wildman–Crippen LogP) is 4.17. The molecule has 0 fully saturated rings. The first kappa shape index (κ1) is 13.1. The number of hydrogen-bond donors (Lipinski definition) is 1. The third-order valence-corrected chi connectivity index (χ3v) is 3.27. The monoisotopic (exact) mass is 263 g/mol. The molecule has 0 aliphatic heterocycles. The van der Waals surface area contributed by atoms with E-state index in [1.54, 1.807) is 13.0 Å². The van der Waals surface area contributed by atoms with Crippen molar-refractivity contribution >= 4 is 11.6 Å². The van der Waals surface area contributed by atoms with Crippen LogP contribution in [-0.2, 0) is 6.54 Å². The normalized spacial score (nSPS) is 10.7. The Morgan fingerprint density at radius 1 is 1.11 bits per heavy atom. The average Bonchev–Trinajstić information content (AvgIpc) is 2.36. The number of benzene rings is 2. The SMILES string of the molecule is CNCc1cc(-c2ccc(F)c(C)c2)ccc1Cl. The third-order valence-electron chi connectivity index (χ3n) is 2.90. The lowest BCUT2D eigenvalue weighted by Crippen LogP contribution is -2.05. The smallest absolute Gasteiger partial charge is 0.126 e. The van der Waals surface area contributed by atoms with Crippen LogP contribution in [0, 0.1) is 12.7 Å². The van der Waals surface area contributed by atoms with Crippen molar-refractivity contribution in [3.63, 3.8) is 0 Å². The van der Waals surface area contributed by atoms with Crippen LogP contribution >= 0.6 is 11.6 Å². The van der Waals surface area contributed by atoms with E-state index in [0.29, 0.717) is 12.1 Å². The van der Waals surface area contributed by atoms with E-state index in [1.165, 1.54) is 6.07 Å². The van der Waals surface area contributed by atoms with Gasteiger partial charge in [-0.2, -0.15) is 0 Å².